The molecule has 2 N–H and O–H groups in total. The minimum Gasteiger partial charge on any atom is -0.326 e. The van der Waals surface area contributed by atoms with Crippen molar-refractivity contribution in [3.8, 4) is 0 Å². The van der Waals surface area contributed by atoms with E-state index in [0.29, 0.717) is 6.04 Å². The van der Waals surface area contributed by atoms with Gasteiger partial charge in [0.25, 0.3) is 0 Å². The van der Waals surface area contributed by atoms with Crippen LogP contribution in [0.4, 0.5) is 5.69 Å². The van der Waals surface area contributed by atoms with Gasteiger partial charge in [0.1, 0.15) is 0 Å². The lowest BCUT2D eigenvalue weighted by atomic mass is 10.2. The van der Waals surface area contributed by atoms with Crippen molar-refractivity contribution in [2.24, 2.45) is 5.92 Å². The van der Waals surface area contributed by atoms with E-state index in [1.165, 1.54) is 24.7 Å². The Balaban J connectivity index is 1.83. The summed E-state index contributed by atoms with van der Waals surface area (Å²) >= 11 is 1.87. The summed E-state index contributed by atoms with van der Waals surface area (Å²) in [5.74, 6) is 1.96. The first kappa shape index (κ1) is 13.4. The lowest BCUT2D eigenvalue weighted by Crippen LogP contribution is -2.29. The number of rotatable bonds is 6. The molecule has 0 saturated heterocycles. The third-order valence-electron chi connectivity index (χ3n) is 3.17. The zero-order valence-corrected chi connectivity index (χ0v) is 11.7. The molecule has 98 valence electrons. The van der Waals surface area contributed by atoms with Crippen molar-refractivity contribution in [3.63, 3.8) is 0 Å². The molecule has 1 saturated carbocycles. The summed E-state index contributed by atoms with van der Waals surface area (Å²) in [6.45, 7) is 1.52. The third kappa shape index (κ3) is 4.03. The van der Waals surface area contributed by atoms with Gasteiger partial charge in [-0.15, -0.1) is 11.8 Å². The van der Waals surface area contributed by atoms with Gasteiger partial charge in [0.05, 0.1) is 0 Å². The number of nitrogens with one attached hydrogen (secondary N) is 2. The van der Waals surface area contributed by atoms with Gasteiger partial charge in [-0.2, -0.15) is 0 Å². The van der Waals surface area contributed by atoms with Crippen LogP contribution in [-0.4, -0.2) is 24.7 Å². The van der Waals surface area contributed by atoms with E-state index in [9.17, 15) is 4.79 Å². The minimum atomic E-state index is -0.0283. The van der Waals surface area contributed by atoms with E-state index in [2.05, 4.69) is 22.8 Å². The molecule has 1 atom stereocenters. The van der Waals surface area contributed by atoms with Crippen LogP contribution in [0.3, 0.4) is 0 Å². The maximum absolute atomic E-state index is 10.9. The molecule has 1 aliphatic carbocycles. The van der Waals surface area contributed by atoms with Crippen molar-refractivity contribution in [1.82, 2.24) is 5.32 Å². The summed E-state index contributed by atoms with van der Waals surface area (Å²) in [6.07, 6.45) is 2.74. The lowest BCUT2D eigenvalue weighted by molar-refractivity contribution is -0.114. The lowest BCUT2D eigenvalue weighted by Gasteiger charge is -2.14. The van der Waals surface area contributed by atoms with Gasteiger partial charge in [-0.3, -0.25) is 4.79 Å². The van der Waals surface area contributed by atoms with Gasteiger partial charge in [0, 0.05) is 29.3 Å². The van der Waals surface area contributed by atoms with Gasteiger partial charge in [0.15, 0.2) is 0 Å². The quantitative estimate of drug-likeness (QED) is 0.776. The molecule has 0 radical (unpaired) electrons. The molecule has 0 bridgehead atoms. The summed E-state index contributed by atoms with van der Waals surface area (Å²) in [5, 5.41) is 6.17. The molecule has 0 heterocycles. The average Bonchev–Trinajstić information content (AvgIpc) is 3.16. The molecule has 1 aliphatic rings. The minimum absolute atomic E-state index is 0.0283. The second-order valence-corrected chi connectivity index (χ2v) is 5.84. The zero-order valence-electron chi connectivity index (χ0n) is 10.9. The second kappa shape index (κ2) is 6.25. The number of anilines is 1. The smallest absolute Gasteiger partial charge is 0.221 e. The average molecular weight is 264 g/mol. The van der Waals surface area contributed by atoms with Crippen LogP contribution in [0.25, 0.3) is 0 Å². The third-order valence-corrected chi connectivity index (χ3v) is 4.30. The molecule has 0 aromatic heterocycles. The predicted molar refractivity (Wildman–Crippen MR) is 77.0 cm³/mol. The van der Waals surface area contributed by atoms with E-state index in [1.807, 2.05) is 30.9 Å². The summed E-state index contributed by atoms with van der Waals surface area (Å²) in [6, 6.07) is 8.67. The van der Waals surface area contributed by atoms with Crippen molar-refractivity contribution in [2.75, 3.05) is 18.1 Å². The summed E-state index contributed by atoms with van der Waals surface area (Å²) in [4.78, 5) is 12.2. The molecule has 1 fully saturated rings. The van der Waals surface area contributed by atoms with Crippen LogP contribution < -0.4 is 10.6 Å². The molecule has 1 unspecified atom stereocenters. The molecule has 1 amide bonds. The Morgan fingerprint density at radius 3 is 2.56 bits per heavy atom. The highest BCUT2D eigenvalue weighted by Crippen LogP contribution is 2.35. The predicted octanol–water partition coefficient (Wildman–Crippen LogP) is 2.74. The topological polar surface area (TPSA) is 41.1 Å². The summed E-state index contributed by atoms with van der Waals surface area (Å²) < 4.78 is 0. The molecule has 0 spiro atoms. The van der Waals surface area contributed by atoms with E-state index < -0.39 is 0 Å². The van der Waals surface area contributed by atoms with E-state index in [-0.39, 0.29) is 5.91 Å². The van der Waals surface area contributed by atoms with Crippen molar-refractivity contribution >= 4 is 23.4 Å². The van der Waals surface area contributed by atoms with Crippen LogP contribution in [0.5, 0.6) is 0 Å². The van der Waals surface area contributed by atoms with Crippen molar-refractivity contribution in [2.45, 2.75) is 30.7 Å². The first-order valence-corrected chi connectivity index (χ1v) is 7.35. The number of benzene rings is 1. The number of amides is 1. The Morgan fingerprint density at radius 1 is 1.39 bits per heavy atom. The maximum atomic E-state index is 10.9. The fourth-order valence-electron chi connectivity index (χ4n) is 1.98. The van der Waals surface area contributed by atoms with Crippen molar-refractivity contribution in [3.05, 3.63) is 24.3 Å². The standard InChI is InChI=1S/C14H20N2OS/c1-10(17)16-12-5-7-13(8-6-12)18-9-14(15-2)11-3-4-11/h5-8,11,14-15H,3-4,9H2,1-2H3,(H,16,17). The van der Waals surface area contributed by atoms with E-state index in [4.69, 9.17) is 0 Å². The van der Waals surface area contributed by atoms with Crippen LogP contribution >= 0.6 is 11.8 Å². The van der Waals surface area contributed by atoms with Gasteiger partial charge in [0.2, 0.25) is 5.91 Å². The Labute approximate surface area is 113 Å². The van der Waals surface area contributed by atoms with Crippen molar-refractivity contribution in [1.29, 1.82) is 0 Å². The zero-order chi connectivity index (χ0) is 13.0. The fraction of sp³-hybridized carbons (Fsp3) is 0.500. The van der Waals surface area contributed by atoms with Gasteiger partial charge in [-0.1, -0.05) is 0 Å². The normalized spacial score (nSPS) is 16.3. The molecule has 4 heteroatoms. The van der Waals surface area contributed by atoms with E-state index >= 15 is 0 Å². The molecule has 3 nitrogen and oxygen atoms in total. The maximum Gasteiger partial charge on any atom is 0.221 e. The Bertz CT molecular complexity index is 401. The molecule has 1 aromatic carbocycles. The van der Waals surface area contributed by atoms with Gasteiger partial charge >= 0.3 is 0 Å². The first-order chi connectivity index (χ1) is 8.69. The van der Waals surface area contributed by atoms with Crippen LogP contribution in [0.15, 0.2) is 29.2 Å². The van der Waals surface area contributed by atoms with Crippen LogP contribution in [-0.2, 0) is 4.79 Å². The van der Waals surface area contributed by atoms with Gasteiger partial charge < -0.3 is 10.6 Å². The van der Waals surface area contributed by atoms with E-state index in [1.54, 1.807) is 0 Å². The number of hydrogen-bond acceptors (Lipinski definition) is 3. The number of hydrogen-bond donors (Lipinski definition) is 2. The summed E-state index contributed by atoms with van der Waals surface area (Å²) in [5.41, 5.74) is 0.860. The van der Waals surface area contributed by atoms with Crippen molar-refractivity contribution < 1.29 is 4.79 Å². The molecular weight excluding hydrogens is 244 g/mol. The highest BCUT2D eigenvalue weighted by molar-refractivity contribution is 7.99. The molecule has 18 heavy (non-hydrogen) atoms. The monoisotopic (exact) mass is 264 g/mol. The molecule has 0 aliphatic heterocycles. The molecule has 1 aromatic rings. The highest BCUT2D eigenvalue weighted by Gasteiger charge is 2.29. The highest BCUT2D eigenvalue weighted by atomic mass is 32.2. The number of thioether (sulfide) groups is 1. The summed E-state index contributed by atoms with van der Waals surface area (Å²) in [7, 11) is 2.05. The molecule has 2 rings (SSSR count). The first-order valence-electron chi connectivity index (χ1n) is 6.37. The number of carbonyl (C=O) groups is 1. The van der Waals surface area contributed by atoms with E-state index in [0.717, 1.165) is 17.4 Å². The van der Waals surface area contributed by atoms with Crippen LogP contribution in [0.2, 0.25) is 0 Å². The van der Waals surface area contributed by atoms with Crippen LogP contribution in [0, 0.1) is 5.92 Å². The van der Waals surface area contributed by atoms with Crippen LogP contribution in [0.1, 0.15) is 19.8 Å². The molecular formula is C14H20N2OS. The van der Waals surface area contributed by atoms with Gasteiger partial charge in [-0.25, -0.2) is 0 Å². The second-order valence-electron chi connectivity index (χ2n) is 4.75. The Morgan fingerprint density at radius 2 is 2.06 bits per heavy atom. The number of carbonyl (C=O) groups excluding carboxylic acids is 1. The SMILES string of the molecule is CNC(CSc1ccc(NC(C)=O)cc1)C1CC1. The Kier molecular flexibility index (Phi) is 4.66. The fourth-order valence-corrected chi connectivity index (χ4v) is 3.12. The van der Waals surface area contributed by atoms with Gasteiger partial charge in [-0.05, 0) is 50.1 Å². The largest absolute Gasteiger partial charge is 0.326 e. The Hall–Kier alpha value is -1.00.